The maximum atomic E-state index is 13.9. The highest BCUT2D eigenvalue weighted by molar-refractivity contribution is 6.03. The number of benzene rings is 3. The van der Waals surface area contributed by atoms with Crippen molar-refractivity contribution < 1.29 is 32.0 Å². The number of aryl methyl sites for hydroxylation is 1. The molecule has 0 spiro atoms. The van der Waals surface area contributed by atoms with Crippen molar-refractivity contribution in [3.8, 4) is 22.8 Å². The summed E-state index contributed by atoms with van der Waals surface area (Å²) in [5.74, 6) is -1.06. The average molecular weight is 551 g/mol. The summed E-state index contributed by atoms with van der Waals surface area (Å²) in [6, 6.07) is 17.0. The van der Waals surface area contributed by atoms with Gasteiger partial charge in [-0.2, -0.15) is 18.3 Å². The molecule has 0 saturated heterocycles. The van der Waals surface area contributed by atoms with Gasteiger partial charge in [-0.25, -0.2) is 13.9 Å². The number of non-ortho nitro benzene ring substituents is 1. The standard InChI is InChI=1S/C27H17F4N5O4/c1-15-3-2-4-20(9-15)40-21-11-18(10-19(12-21)36(38)39)32-26(37)23-14-25-33-22(16-5-7-17(28)8-6-16)13-24(27(29,30)31)35(25)34-23/h2-14H,1H3,(H,32,37). The first kappa shape index (κ1) is 26.3. The molecule has 0 radical (unpaired) electrons. The Hall–Kier alpha value is -5.33. The van der Waals surface area contributed by atoms with E-state index in [1.54, 1.807) is 18.2 Å². The van der Waals surface area contributed by atoms with Crippen molar-refractivity contribution in [2.45, 2.75) is 13.1 Å². The van der Waals surface area contributed by atoms with Gasteiger partial charge in [0, 0.05) is 23.8 Å². The summed E-state index contributed by atoms with van der Waals surface area (Å²) in [7, 11) is 0. The number of nitrogens with one attached hydrogen (secondary N) is 1. The van der Waals surface area contributed by atoms with Crippen LogP contribution < -0.4 is 10.1 Å². The summed E-state index contributed by atoms with van der Waals surface area (Å²) in [5, 5.41) is 17.7. The molecule has 9 nitrogen and oxygen atoms in total. The molecule has 5 rings (SSSR count). The van der Waals surface area contributed by atoms with Crippen LogP contribution in [0.15, 0.2) is 78.9 Å². The van der Waals surface area contributed by atoms with Crippen molar-refractivity contribution in [1.82, 2.24) is 14.6 Å². The molecule has 0 saturated carbocycles. The van der Waals surface area contributed by atoms with E-state index in [4.69, 9.17) is 4.74 Å². The van der Waals surface area contributed by atoms with Crippen molar-refractivity contribution in [3.05, 3.63) is 112 Å². The quantitative estimate of drug-likeness (QED) is 0.141. The molecule has 0 atom stereocenters. The molecule has 1 N–H and O–H groups in total. The van der Waals surface area contributed by atoms with Gasteiger partial charge in [0.05, 0.1) is 22.4 Å². The average Bonchev–Trinajstić information content (AvgIpc) is 3.32. The number of amides is 1. The molecular weight excluding hydrogens is 534 g/mol. The van der Waals surface area contributed by atoms with Crippen molar-refractivity contribution >= 4 is 22.9 Å². The number of aromatic nitrogens is 3. The molecule has 0 bridgehead atoms. The fourth-order valence-electron chi connectivity index (χ4n) is 3.89. The Morgan fingerprint density at radius 3 is 2.42 bits per heavy atom. The molecule has 0 aliphatic rings. The Morgan fingerprint density at radius 2 is 1.75 bits per heavy atom. The molecule has 40 heavy (non-hydrogen) atoms. The van der Waals surface area contributed by atoms with Crippen LogP contribution in [0.25, 0.3) is 16.9 Å². The molecular formula is C27H17F4N5O4. The molecule has 5 aromatic rings. The third kappa shape index (κ3) is 5.57. The van der Waals surface area contributed by atoms with Gasteiger partial charge in [-0.15, -0.1) is 0 Å². The Kier molecular flexibility index (Phi) is 6.63. The molecule has 202 valence electrons. The zero-order valence-electron chi connectivity index (χ0n) is 20.4. The van der Waals surface area contributed by atoms with Gasteiger partial charge in [-0.3, -0.25) is 14.9 Å². The lowest BCUT2D eigenvalue weighted by atomic mass is 10.1. The lowest BCUT2D eigenvalue weighted by molar-refractivity contribution is -0.384. The Balaban J connectivity index is 1.50. The van der Waals surface area contributed by atoms with Gasteiger partial charge in [0.1, 0.15) is 17.3 Å². The van der Waals surface area contributed by atoms with Crippen LogP contribution >= 0.6 is 0 Å². The van der Waals surface area contributed by atoms with Gasteiger partial charge >= 0.3 is 6.18 Å². The Morgan fingerprint density at radius 1 is 1.00 bits per heavy atom. The van der Waals surface area contributed by atoms with Crippen LogP contribution in [0.1, 0.15) is 21.7 Å². The van der Waals surface area contributed by atoms with Gasteiger partial charge in [-0.05, 0) is 55.0 Å². The van der Waals surface area contributed by atoms with Gasteiger partial charge in [-0.1, -0.05) is 12.1 Å². The summed E-state index contributed by atoms with van der Waals surface area (Å²) in [6.07, 6.45) is -4.86. The molecule has 0 unspecified atom stereocenters. The number of nitro groups is 1. The highest BCUT2D eigenvalue weighted by Gasteiger charge is 2.35. The highest BCUT2D eigenvalue weighted by Crippen LogP contribution is 2.33. The van der Waals surface area contributed by atoms with E-state index in [0.717, 1.165) is 35.9 Å². The minimum Gasteiger partial charge on any atom is -0.457 e. The zero-order valence-corrected chi connectivity index (χ0v) is 20.4. The normalized spacial score (nSPS) is 11.4. The van der Waals surface area contributed by atoms with E-state index in [1.165, 1.54) is 24.3 Å². The van der Waals surface area contributed by atoms with Crippen LogP contribution in [0, 0.1) is 22.9 Å². The number of hydrogen-bond acceptors (Lipinski definition) is 6. The molecule has 1 amide bonds. The van der Waals surface area contributed by atoms with E-state index in [1.807, 2.05) is 13.0 Å². The minimum atomic E-state index is -4.86. The topological polar surface area (TPSA) is 112 Å². The Bertz CT molecular complexity index is 1770. The largest absolute Gasteiger partial charge is 0.457 e. The lowest BCUT2D eigenvalue weighted by Gasteiger charge is -2.11. The SMILES string of the molecule is Cc1cccc(Oc2cc(NC(=O)c3cc4nc(-c5ccc(F)cc5)cc(C(F)(F)F)n4n3)cc([N+](=O)[O-])c2)c1. The van der Waals surface area contributed by atoms with Crippen LogP contribution in [0.3, 0.4) is 0 Å². The number of halogens is 4. The fourth-order valence-corrected chi connectivity index (χ4v) is 3.89. The monoisotopic (exact) mass is 551 g/mol. The number of carbonyl (C=O) groups is 1. The molecule has 13 heteroatoms. The highest BCUT2D eigenvalue weighted by atomic mass is 19.4. The predicted molar refractivity (Wildman–Crippen MR) is 136 cm³/mol. The maximum Gasteiger partial charge on any atom is 0.433 e. The number of anilines is 1. The first-order chi connectivity index (χ1) is 19.0. The van der Waals surface area contributed by atoms with Gasteiger partial charge < -0.3 is 10.1 Å². The number of carbonyl (C=O) groups excluding carboxylic acids is 1. The molecule has 0 fully saturated rings. The number of rotatable bonds is 6. The number of nitrogens with zero attached hydrogens (tertiary/aromatic N) is 4. The summed E-state index contributed by atoms with van der Waals surface area (Å²) < 4.78 is 61.1. The van der Waals surface area contributed by atoms with E-state index in [2.05, 4.69) is 15.4 Å². The number of fused-ring (bicyclic) bond motifs is 1. The maximum absolute atomic E-state index is 13.9. The van der Waals surface area contributed by atoms with E-state index >= 15 is 0 Å². The number of ether oxygens (including phenoxy) is 1. The molecule has 2 heterocycles. The summed E-state index contributed by atoms with van der Waals surface area (Å²) in [6.45, 7) is 1.84. The van der Waals surface area contributed by atoms with Crippen LogP contribution in [0.5, 0.6) is 11.5 Å². The number of alkyl halides is 3. The number of hydrogen-bond donors (Lipinski definition) is 1. The first-order valence-electron chi connectivity index (χ1n) is 11.6. The second kappa shape index (κ2) is 10.1. The van der Waals surface area contributed by atoms with Crippen molar-refractivity contribution in [2.24, 2.45) is 0 Å². The predicted octanol–water partition coefficient (Wildman–Crippen LogP) is 6.82. The van der Waals surface area contributed by atoms with Gasteiger partial charge in [0.15, 0.2) is 17.0 Å². The molecule has 2 aromatic heterocycles. The zero-order chi connectivity index (χ0) is 28.6. The van der Waals surface area contributed by atoms with E-state index in [-0.39, 0.29) is 34.0 Å². The molecule has 0 aliphatic heterocycles. The minimum absolute atomic E-state index is 0.0464. The lowest BCUT2D eigenvalue weighted by Crippen LogP contribution is -2.16. The fraction of sp³-hybridized carbons (Fsp3) is 0.0741. The summed E-state index contributed by atoms with van der Waals surface area (Å²) in [4.78, 5) is 27.9. The first-order valence-corrected chi connectivity index (χ1v) is 11.6. The van der Waals surface area contributed by atoms with Gasteiger partial charge in [0.25, 0.3) is 11.6 Å². The van der Waals surface area contributed by atoms with E-state index < -0.39 is 34.2 Å². The van der Waals surface area contributed by atoms with Crippen molar-refractivity contribution in [1.29, 1.82) is 0 Å². The summed E-state index contributed by atoms with van der Waals surface area (Å²) in [5.41, 5.74) is -1.36. The van der Waals surface area contributed by atoms with Gasteiger partial charge in [0.2, 0.25) is 0 Å². The van der Waals surface area contributed by atoms with Crippen molar-refractivity contribution in [2.75, 3.05) is 5.32 Å². The smallest absolute Gasteiger partial charge is 0.433 e. The third-order valence-corrected chi connectivity index (χ3v) is 5.68. The van der Waals surface area contributed by atoms with Crippen LogP contribution in [-0.2, 0) is 6.18 Å². The summed E-state index contributed by atoms with van der Waals surface area (Å²) >= 11 is 0. The van der Waals surface area contributed by atoms with E-state index in [9.17, 15) is 32.5 Å². The molecule has 0 aliphatic carbocycles. The molecule has 3 aromatic carbocycles. The van der Waals surface area contributed by atoms with E-state index in [0.29, 0.717) is 10.3 Å². The van der Waals surface area contributed by atoms with Crippen LogP contribution in [0.4, 0.5) is 28.9 Å². The second-order valence-corrected chi connectivity index (χ2v) is 8.68. The Labute approximate surface area is 222 Å². The van der Waals surface area contributed by atoms with Crippen LogP contribution in [-0.4, -0.2) is 25.4 Å². The van der Waals surface area contributed by atoms with Crippen LogP contribution in [0.2, 0.25) is 0 Å². The number of nitro benzene ring substituents is 1. The second-order valence-electron chi connectivity index (χ2n) is 8.68. The third-order valence-electron chi connectivity index (χ3n) is 5.68. The van der Waals surface area contributed by atoms with Crippen molar-refractivity contribution in [3.63, 3.8) is 0 Å².